The van der Waals surface area contributed by atoms with E-state index in [2.05, 4.69) is 23.7 Å². The van der Waals surface area contributed by atoms with Gasteiger partial charge in [0.15, 0.2) is 5.78 Å². The summed E-state index contributed by atoms with van der Waals surface area (Å²) in [5, 5.41) is 0. The number of Topliss-reactive ketones (excluding diaryl/α,β-unsaturated/α-hetero) is 1. The van der Waals surface area contributed by atoms with E-state index in [1.807, 2.05) is 19.2 Å². The summed E-state index contributed by atoms with van der Waals surface area (Å²) in [7, 11) is 1.98. The second-order valence-electron chi connectivity index (χ2n) is 3.68. The molecule has 1 rings (SSSR count). The highest BCUT2D eigenvalue weighted by molar-refractivity contribution is 5.95. The van der Waals surface area contributed by atoms with E-state index in [4.69, 9.17) is 0 Å². The molecule has 1 unspecified atom stereocenters. The van der Waals surface area contributed by atoms with Crippen molar-refractivity contribution in [1.29, 1.82) is 0 Å². The van der Waals surface area contributed by atoms with Gasteiger partial charge in [0, 0.05) is 12.2 Å². The highest BCUT2D eigenvalue weighted by atomic mass is 16.1. The maximum absolute atomic E-state index is 11.7. The molecule has 14 heavy (non-hydrogen) atoms. The Morgan fingerprint density at radius 3 is 2.86 bits per heavy atom. The molecular weight excluding hydrogens is 176 g/mol. The van der Waals surface area contributed by atoms with Crippen molar-refractivity contribution in [1.82, 2.24) is 9.88 Å². The first-order valence-electron chi connectivity index (χ1n) is 5.02. The third-order valence-electron chi connectivity index (χ3n) is 2.63. The third-order valence-corrected chi connectivity index (χ3v) is 2.63. The van der Waals surface area contributed by atoms with Crippen LogP contribution < -0.4 is 0 Å². The normalized spacial score (nSPS) is 13.1. The summed E-state index contributed by atoms with van der Waals surface area (Å²) in [6, 6.07) is 4.11. The number of hydrogen-bond donors (Lipinski definition) is 1. The summed E-state index contributed by atoms with van der Waals surface area (Å²) in [5.74, 6) is 0.151. The number of carbonyl (C=O) groups is 1. The number of nitrogens with zero attached hydrogens (tertiary/aromatic N) is 1. The lowest BCUT2D eigenvalue weighted by atomic mass is 10.2. The van der Waals surface area contributed by atoms with Gasteiger partial charge in [0.05, 0.1) is 12.2 Å². The smallest absolute Gasteiger partial charge is 0.192 e. The fraction of sp³-hybridized carbons (Fsp3) is 0.545. The van der Waals surface area contributed by atoms with Crippen LogP contribution in [0, 0.1) is 0 Å². The molecule has 0 saturated heterocycles. The number of aromatic amines is 1. The number of H-pyrrole nitrogens is 1. The van der Waals surface area contributed by atoms with Crippen molar-refractivity contribution in [3.63, 3.8) is 0 Å². The van der Waals surface area contributed by atoms with Gasteiger partial charge in [0.1, 0.15) is 0 Å². The molecule has 0 amide bonds. The van der Waals surface area contributed by atoms with Gasteiger partial charge in [0.2, 0.25) is 0 Å². The molecule has 78 valence electrons. The number of nitrogens with one attached hydrogen (secondary N) is 1. The SMILES string of the molecule is CCC(C)N(C)CC(=O)c1ccc[nH]1. The van der Waals surface area contributed by atoms with E-state index in [1.165, 1.54) is 0 Å². The molecule has 0 aliphatic heterocycles. The first kappa shape index (κ1) is 11.0. The number of carbonyl (C=O) groups excluding carboxylic acids is 1. The Labute approximate surface area is 85.1 Å². The summed E-state index contributed by atoms with van der Waals surface area (Å²) < 4.78 is 0. The Morgan fingerprint density at radius 2 is 2.36 bits per heavy atom. The first-order chi connectivity index (χ1) is 6.65. The second kappa shape index (κ2) is 4.96. The maximum atomic E-state index is 11.7. The van der Waals surface area contributed by atoms with Gasteiger partial charge in [-0.05, 0) is 32.5 Å². The molecule has 0 saturated carbocycles. The van der Waals surface area contributed by atoms with E-state index < -0.39 is 0 Å². The third kappa shape index (κ3) is 2.70. The zero-order valence-electron chi connectivity index (χ0n) is 9.08. The van der Waals surface area contributed by atoms with Crippen molar-refractivity contribution < 1.29 is 4.79 Å². The van der Waals surface area contributed by atoms with Crippen LogP contribution in [0.15, 0.2) is 18.3 Å². The molecule has 0 aliphatic carbocycles. The fourth-order valence-corrected chi connectivity index (χ4v) is 1.28. The van der Waals surface area contributed by atoms with Crippen LogP contribution in [0.3, 0.4) is 0 Å². The van der Waals surface area contributed by atoms with Gasteiger partial charge < -0.3 is 4.98 Å². The summed E-state index contributed by atoms with van der Waals surface area (Å²) in [5.41, 5.74) is 0.695. The van der Waals surface area contributed by atoms with Gasteiger partial charge in [-0.15, -0.1) is 0 Å². The summed E-state index contributed by atoms with van der Waals surface area (Å²) >= 11 is 0. The quantitative estimate of drug-likeness (QED) is 0.727. The van der Waals surface area contributed by atoms with Gasteiger partial charge in [-0.1, -0.05) is 6.92 Å². The lowest BCUT2D eigenvalue weighted by Crippen LogP contribution is -2.33. The molecular formula is C11H18N2O. The van der Waals surface area contributed by atoms with Crippen LogP contribution in [0.5, 0.6) is 0 Å². The maximum Gasteiger partial charge on any atom is 0.192 e. The first-order valence-corrected chi connectivity index (χ1v) is 5.02. The van der Waals surface area contributed by atoms with E-state index in [1.54, 1.807) is 6.20 Å². The minimum atomic E-state index is 0.151. The van der Waals surface area contributed by atoms with Crippen LogP contribution in [0.25, 0.3) is 0 Å². The molecule has 0 spiro atoms. The predicted molar refractivity (Wildman–Crippen MR) is 57.5 cm³/mol. The Bertz CT molecular complexity index is 279. The van der Waals surface area contributed by atoms with Crippen molar-refractivity contribution >= 4 is 5.78 Å². The molecule has 0 aliphatic rings. The zero-order chi connectivity index (χ0) is 10.6. The molecule has 3 nitrogen and oxygen atoms in total. The molecule has 3 heteroatoms. The second-order valence-corrected chi connectivity index (χ2v) is 3.68. The van der Waals surface area contributed by atoms with Crippen molar-refractivity contribution in [2.24, 2.45) is 0 Å². The number of aromatic nitrogens is 1. The van der Waals surface area contributed by atoms with Crippen LogP contribution in [0.1, 0.15) is 30.8 Å². The molecule has 0 radical (unpaired) electrons. The average Bonchev–Trinajstić information content (AvgIpc) is 2.69. The molecule has 1 N–H and O–H groups in total. The van der Waals surface area contributed by atoms with Crippen molar-refractivity contribution in [3.8, 4) is 0 Å². The highest BCUT2D eigenvalue weighted by Crippen LogP contribution is 2.03. The van der Waals surface area contributed by atoms with Gasteiger partial charge in [0.25, 0.3) is 0 Å². The molecule has 0 aromatic carbocycles. The molecule has 1 heterocycles. The average molecular weight is 194 g/mol. The molecule has 0 bridgehead atoms. The Balaban J connectivity index is 2.49. The van der Waals surface area contributed by atoms with Crippen molar-refractivity contribution in [2.45, 2.75) is 26.3 Å². The predicted octanol–water partition coefficient (Wildman–Crippen LogP) is 1.93. The number of likely N-dealkylation sites (N-methyl/N-ethyl adjacent to an activating group) is 1. The van der Waals surface area contributed by atoms with E-state index >= 15 is 0 Å². The van der Waals surface area contributed by atoms with Gasteiger partial charge in [-0.2, -0.15) is 0 Å². The number of rotatable bonds is 5. The summed E-state index contributed by atoms with van der Waals surface area (Å²) in [6.07, 6.45) is 2.84. The molecule has 0 fully saturated rings. The molecule has 1 aromatic rings. The standard InChI is InChI=1S/C11H18N2O/c1-4-9(2)13(3)8-11(14)10-6-5-7-12-10/h5-7,9,12H,4,8H2,1-3H3. The monoisotopic (exact) mass is 194 g/mol. The van der Waals surface area contributed by atoms with Crippen LogP contribution in [0.4, 0.5) is 0 Å². The summed E-state index contributed by atoms with van der Waals surface area (Å²) in [4.78, 5) is 16.7. The Kier molecular flexibility index (Phi) is 3.89. The minimum absolute atomic E-state index is 0.151. The van der Waals surface area contributed by atoms with Gasteiger partial charge in [-0.25, -0.2) is 0 Å². The Hall–Kier alpha value is -1.09. The van der Waals surface area contributed by atoms with Gasteiger partial charge in [-0.3, -0.25) is 9.69 Å². The highest BCUT2D eigenvalue weighted by Gasteiger charge is 2.13. The van der Waals surface area contributed by atoms with Gasteiger partial charge >= 0.3 is 0 Å². The minimum Gasteiger partial charge on any atom is -0.359 e. The number of ketones is 1. The fourth-order valence-electron chi connectivity index (χ4n) is 1.28. The van der Waals surface area contributed by atoms with Crippen LogP contribution >= 0.6 is 0 Å². The van der Waals surface area contributed by atoms with Crippen molar-refractivity contribution in [3.05, 3.63) is 24.0 Å². The van der Waals surface area contributed by atoms with Crippen LogP contribution in [0.2, 0.25) is 0 Å². The number of hydrogen-bond acceptors (Lipinski definition) is 2. The zero-order valence-corrected chi connectivity index (χ0v) is 9.08. The lowest BCUT2D eigenvalue weighted by molar-refractivity contribution is 0.0919. The summed E-state index contributed by atoms with van der Waals surface area (Å²) in [6.45, 7) is 4.73. The van der Waals surface area contributed by atoms with E-state index in [-0.39, 0.29) is 5.78 Å². The van der Waals surface area contributed by atoms with Crippen LogP contribution in [-0.4, -0.2) is 35.3 Å². The topological polar surface area (TPSA) is 36.1 Å². The molecule has 1 atom stereocenters. The van der Waals surface area contributed by atoms with E-state index in [0.29, 0.717) is 18.3 Å². The van der Waals surface area contributed by atoms with Crippen molar-refractivity contribution in [2.75, 3.05) is 13.6 Å². The lowest BCUT2D eigenvalue weighted by Gasteiger charge is -2.22. The largest absolute Gasteiger partial charge is 0.359 e. The Morgan fingerprint density at radius 1 is 1.64 bits per heavy atom. The van der Waals surface area contributed by atoms with E-state index in [9.17, 15) is 4.79 Å². The van der Waals surface area contributed by atoms with E-state index in [0.717, 1.165) is 6.42 Å². The molecule has 1 aromatic heterocycles. The van der Waals surface area contributed by atoms with Crippen LogP contribution in [-0.2, 0) is 0 Å².